The second-order valence-corrected chi connectivity index (χ2v) is 7.69. The van der Waals surface area contributed by atoms with Crippen LogP contribution in [0.25, 0.3) is 0 Å². The Hall–Kier alpha value is -2.02. The zero-order valence-electron chi connectivity index (χ0n) is 14.7. The van der Waals surface area contributed by atoms with Crippen molar-refractivity contribution in [2.24, 2.45) is 5.92 Å². The highest BCUT2D eigenvalue weighted by Crippen LogP contribution is 2.35. The lowest BCUT2D eigenvalue weighted by Crippen LogP contribution is -2.45. The molecule has 2 saturated heterocycles. The van der Waals surface area contributed by atoms with Crippen LogP contribution < -0.4 is 5.32 Å². The number of aromatic nitrogens is 2. The Morgan fingerprint density at radius 3 is 2.96 bits per heavy atom. The standard InChI is InChI=1S/C18H24N4O3/c1-18(2)12(8-15(23)25-18)17(24)22-7-5-13-11(10-22)9-20-16(21-13)14-4-3-6-19-14/h9,12,14,19H,3-8,10H2,1-2H3. The van der Waals surface area contributed by atoms with Crippen LogP contribution >= 0.6 is 0 Å². The van der Waals surface area contributed by atoms with Crippen molar-refractivity contribution in [2.75, 3.05) is 13.1 Å². The second-order valence-electron chi connectivity index (χ2n) is 7.69. The van der Waals surface area contributed by atoms with Crippen LogP contribution in [0.1, 0.15) is 56.2 Å². The van der Waals surface area contributed by atoms with Gasteiger partial charge in [-0.25, -0.2) is 9.97 Å². The molecular formula is C18H24N4O3. The Bertz CT molecular complexity index is 712. The van der Waals surface area contributed by atoms with Gasteiger partial charge >= 0.3 is 5.97 Å². The molecule has 0 radical (unpaired) electrons. The van der Waals surface area contributed by atoms with Gasteiger partial charge in [-0.15, -0.1) is 0 Å². The van der Waals surface area contributed by atoms with Crippen LogP contribution in [0.3, 0.4) is 0 Å². The van der Waals surface area contributed by atoms with E-state index < -0.39 is 11.5 Å². The first-order valence-electron chi connectivity index (χ1n) is 9.03. The third kappa shape index (κ3) is 3.01. The molecular weight excluding hydrogens is 320 g/mol. The van der Waals surface area contributed by atoms with Crippen LogP contribution in [0, 0.1) is 5.92 Å². The predicted octanol–water partition coefficient (Wildman–Crippen LogP) is 1.13. The van der Waals surface area contributed by atoms with Crippen molar-refractivity contribution in [3.8, 4) is 0 Å². The summed E-state index contributed by atoms with van der Waals surface area (Å²) in [6.07, 6.45) is 4.99. The van der Waals surface area contributed by atoms with E-state index in [1.807, 2.05) is 24.9 Å². The van der Waals surface area contributed by atoms with Crippen LogP contribution in [0.2, 0.25) is 0 Å². The third-order valence-corrected chi connectivity index (χ3v) is 5.52. The number of carbonyl (C=O) groups excluding carboxylic acids is 2. The van der Waals surface area contributed by atoms with Gasteiger partial charge in [-0.1, -0.05) is 0 Å². The third-order valence-electron chi connectivity index (χ3n) is 5.52. The van der Waals surface area contributed by atoms with Crippen molar-refractivity contribution in [1.29, 1.82) is 0 Å². The van der Waals surface area contributed by atoms with E-state index in [-0.39, 0.29) is 24.3 Å². The van der Waals surface area contributed by atoms with Gasteiger partial charge in [0.2, 0.25) is 5.91 Å². The van der Waals surface area contributed by atoms with Gasteiger partial charge < -0.3 is 15.0 Å². The summed E-state index contributed by atoms with van der Waals surface area (Å²) in [6, 6.07) is 0.257. The molecule has 1 N–H and O–H groups in total. The van der Waals surface area contributed by atoms with Crippen LogP contribution in [0.5, 0.6) is 0 Å². The summed E-state index contributed by atoms with van der Waals surface area (Å²) in [4.78, 5) is 35.6. The van der Waals surface area contributed by atoms with Crippen LogP contribution in [-0.4, -0.2) is 45.4 Å². The summed E-state index contributed by atoms with van der Waals surface area (Å²) in [5.74, 6) is 0.150. The van der Waals surface area contributed by atoms with Crippen molar-refractivity contribution in [3.63, 3.8) is 0 Å². The molecule has 0 aromatic carbocycles. The van der Waals surface area contributed by atoms with Crippen LogP contribution in [0.4, 0.5) is 0 Å². The van der Waals surface area contributed by atoms with E-state index in [0.29, 0.717) is 13.1 Å². The molecule has 134 valence electrons. The number of cyclic esters (lactones) is 1. The highest BCUT2D eigenvalue weighted by Gasteiger charge is 2.47. The minimum Gasteiger partial charge on any atom is -0.459 e. The van der Waals surface area contributed by atoms with E-state index in [0.717, 1.165) is 42.9 Å². The molecule has 4 rings (SSSR count). The lowest BCUT2D eigenvalue weighted by Gasteiger charge is -2.33. The quantitative estimate of drug-likeness (QED) is 0.810. The first kappa shape index (κ1) is 16.4. The lowest BCUT2D eigenvalue weighted by atomic mass is 9.89. The van der Waals surface area contributed by atoms with E-state index in [1.54, 1.807) is 0 Å². The molecule has 1 aromatic heterocycles. The van der Waals surface area contributed by atoms with Crippen molar-refractivity contribution in [2.45, 2.75) is 57.7 Å². The summed E-state index contributed by atoms with van der Waals surface area (Å²) in [5.41, 5.74) is 1.31. The average molecular weight is 344 g/mol. The Kier molecular flexibility index (Phi) is 3.98. The molecule has 0 saturated carbocycles. The fourth-order valence-corrected chi connectivity index (χ4v) is 4.02. The van der Waals surface area contributed by atoms with Crippen molar-refractivity contribution < 1.29 is 14.3 Å². The maximum atomic E-state index is 12.9. The molecule has 3 aliphatic rings. The van der Waals surface area contributed by atoms with Gasteiger partial charge in [0.05, 0.1) is 24.1 Å². The van der Waals surface area contributed by atoms with E-state index in [2.05, 4.69) is 10.3 Å². The molecule has 25 heavy (non-hydrogen) atoms. The fourth-order valence-electron chi connectivity index (χ4n) is 4.02. The van der Waals surface area contributed by atoms with E-state index in [1.165, 1.54) is 0 Å². The summed E-state index contributed by atoms with van der Waals surface area (Å²) >= 11 is 0. The molecule has 2 atom stereocenters. The normalized spacial score (nSPS) is 27.9. The van der Waals surface area contributed by atoms with Gasteiger partial charge in [0.1, 0.15) is 11.4 Å². The number of ether oxygens (including phenoxy) is 1. The van der Waals surface area contributed by atoms with E-state index in [4.69, 9.17) is 9.72 Å². The van der Waals surface area contributed by atoms with E-state index >= 15 is 0 Å². The lowest BCUT2D eigenvalue weighted by molar-refractivity contribution is -0.149. The zero-order valence-corrected chi connectivity index (χ0v) is 14.7. The van der Waals surface area contributed by atoms with Gasteiger partial charge in [0, 0.05) is 31.3 Å². The molecule has 1 aromatic rings. The smallest absolute Gasteiger partial charge is 0.307 e. The Morgan fingerprint density at radius 1 is 1.44 bits per heavy atom. The molecule has 1 amide bonds. The Morgan fingerprint density at radius 2 is 2.28 bits per heavy atom. The topological polar surface area (TPSA) is 84.4 Å². The number of hydrogen-bond donors (Lipinski definition) is 1. The molecule has 4 heterocycles. The number of fused-ring (bicyclic) bond motifs is 1. The van der Waals surface area contributed by atoms with Crippen LogP contribution in [0.15, 0.2) is 6.20 Å². The van der Waals surface area contributed by atoms with Gasteiger partial charge in [0.25, 0.3) is 0 Å². The fraction of sp³-hybridized carbons (Fsp3) is 0.667. The molecule has 0 aliphatic carbocycles. The number of hydrogen-bond acceptors (Lipinski definition) is 6. The number of carbonyl (C=O) groups is 2. The number of nitrogens with one attached hydrogen (secondary N) is 1. The highest BCUT2D eigenvalue weighted by atomic mass is 16.6. The van der Waals surface area contributed by atoms with Crippen molar-refractivity contribution in [1.82, 2.24) is 20.2 Å². The van der Waals surface area contributed by atoms with Gasteiger partial charge in [-0.3, -0.25) is 9.59 Å². The number of rotatable bonds is 2. The summed E-state index contributed by atoms with van der Waals surface area (Å²) in [5, 5.41) is 3.42. The predicted molar refractivity (Wildman–Crippen MR) is 89.4 cm³/mol. The Labute approximate surface area is 147 Å². The zero-order chi connectivity index (χ0) is 17.6. The summed E-state index contributed by atoms with van der Waals surface area (Å²) < 4.78 is 5.30. The largest absolute Gasteiger partial charge is 0.459 e. The summed E-state index contributed by atoms with van der Waals surface area (Å²) in [6.45, 7) is 5.77. The highest BCUT2D eigenvalue weighted by molar-refractivity contribution is 5.87. The molecule has 3 aliphatic heterocycles. The maximum absolute atomic E-state index is 12.9. The molecule has 2 unspecified atom stereocenters. The molecule has 0 spiro atoms. The average Bonchev–Trinajstić information content (AvgIpc) is 3.20. The van der Waals surface area contributed by atoms with Crippen LogP contribution in [-0.2, 0) is 27.3 Å². The number of amides is 1. The Balaban J connectivity index is 1.49. The first-order chi connectivity index (χ1) is 11.9. The van der Waals surface area contributed by atoms with Gasteiger partial charge in [-0.05, 0) is 33.2 Å². The number of esters is 1. The van der Waals surface area contributed by atoms with Crippen molar-refractivity contribution in [3.05, 3.63) is 23.3 Å². The van der Waals surface area contributed by atoms with Gasteiger partial charge in [-0.2, -0.15) is 0 Å². The summed E-state index contributed by atoms with van der Waals surface area (Å²) in [7, 11) is 0. The van der Waals surface area contributed by atoms with Gasteiger partial charge in [0.15, 0.2) is 0 Å². The first-order valence-corrected chi connectivity index (χ1v) is 9.03. The SMILES string of the molecule is CC1(C)OC(=O)CC1C(=O)N1CCc2nc(C3CCCN3)ncc2C1. The van der Waals surface area contributed by atoms with Crippen molar-refractivity contribution >= 4 is 11.9 Å². The molecule has 7 heteroatoms. The monoisotopic (exact) mass is 344 g/mol. The maximum Gasteiger partial charge on any atom is 0.307 e. The number of nitrogens with zero attached hydrogens (tertiary/aromatic N) is 3. The van der Waals surface area contributed by atoms with E-state index in [9.17, 15) is 9.59 Å². The second kappa shape index (κ2) is 6.05. The molecule has 0 bridgehead atoms. The molecule has 7 nitrogen and oxygen atoms in total. The minimum atomic E-state index is -0.733. The minimum absolute atomic E-state index is 0.0111. The molecule has 2 fully saturated rings.